The second-order valence-electron chi connectivity index (χ2n) is 4.25. The first-order valence-corrected chi connectivity index (χ1v) is 6.39. The van der Waals surface area contributed by atoms with E-state index in [-0.39, 0.29) is 12.4 Å². The number of halogens is 1. The largest absolute Gasteiger partial charge is 1.00 e. The number of rotatable bonds is 4. The van der Waals surface area contributed by atoms with E-state index in [4.69, 9.17) is 9.47 Å². The van der Waals surface area contributed by atoms with Gasteiger partial charge < -0.3 is 21.9 Å². The van der Waals surface area contributed by atoms with Gasteiger partial charge in [0.1, 0.15) is 22.6 Å². The number of aromatic nitrogens is 1. The van der Waals surface area contributed by atoms with E-state index < -0.39 is 0 Å². The van der Waals surface area contributed by atoms with Crippen molar-refractivity contribution in [3.8, 4) is 22.6 Å². The first-order chi connectivity index (χ1) is 8.69. The molecule has 0 saturated heterocycles. The Labute approximate surface area is 120 Å². The van der Waals surface area contributed by atoms with Gasteiger partial charge in [-0.15, -0.1) is 0 Å². The van der Waals surface area contributed by atoms with E-state index in [9.17, 15) is 0 Å². The molecular weight excluding hydrogens is 262 g/mol. The Kier molecular flexibility index (Phi) is 5.43. The predicted octanol–water partition coefficient (Wildman–Crippen LogP) is 0.0237. The Bertz CT molecular complexity index is 484. The minimum Gasteiger partial charge on any atom is -1.00 e. The van der Waals surface area contributed by atoms with Crippen molar-refractivity contribution in [3.63, 3.8) is 0 Å². The molecule has 0 aromatic carbocycles. The molecule has 104 valence electrons. The number of H-pyrrole nitrogens is 1. The van der Waals surface area contributed by atoms with Crippen LogP contribution in [0.1, 0.15) is 25.2 Å². The van der Waals surface area contributed by atoms with E-state index >= 15 is 0 Å². The molecule has 2 aliphatic rings. The van der Waals surface area contributed by atoms with E-state index in [1.165, 1.54) is 0 Å². The van der Waals surface area contributed by atoms with E-state index in [0.717, 1.165) is 34.0 Å². The summed E-state index contributed by atoms with van der Waals surface area (Å²) in [7, 11) is 0. The Morgan fingerprint density at radius 3 is 1.68 bits per heavy atom. The summed E-state index contributed by atoms with van der Waals surface area (Å²) in [6.45, 7) is 9.44. The zero-order valence-electron chi connectivity index (χ0n) is 11.8. The fourth-order valence-electron chi connectivity index (χ4n) is 2.34. The Hall–Kier alpha value is -1.48. The lowest BCUT2D eigenvalue weighted by atomic mass is 10.1. The van der Waals surface area contributed by atoms with Crippen LogP contribution in [0.3, 0.4) is 0 Å². The molecule has 0 aromatic rings. The molecule has 2 rings (SSSR count). The number of hydrogen-bond donors (Lipinski definition) is 0. The minimum absolute atomic E-state index is 0. The molecule has 0 spiro atoms. The van der Waals surface area contributed by atoms with Crippen LogP contribution in [0.4, 0.5) is 0 Å². The summed E-state index contributed by atoms with van der Waals surface area (Å²) in [4.78, 5) is 3.37. The van der Waals surface area contributed by atoms with Gasteiger partial charge in [-0.05, 0) is 26.0 Å². The van der Waals surface area contributed by atoms with Gasteiger partial charge in [0.05, 0.1) is 13.2 Å². The number of ether oxygens (including phenoxy) is 2. The summed E-state index contributed by atoms with van der Waals surface area (Å²) in [6.07, 6.45) is 0. The summed E-state index contributed by atoms with van der Waals surface area (Å²) in [5, 5.41) is 0. The molecule has 1 aliphatic heterocycles. The number of fused-ring (bicyclic) bond motifs is 1. The third-order valence-electron chi connectivity index (χ3n) is 2.96. The van der Waals surface area contributed by atoms with Gasteiger partial charge in [-0.2, -0.15) is 0 Å². The smallest absolute Gasteiger partial charge is 0.188 e. The lowest BCUT2D eigenvalue weighted by Gasteiger charge is -2.06. The van der Waals surface area contributed by atoms with Crippen LogP contribution in [-0.4, -0.2) is 13.2 Å². The molecule has 0 unspecified atom stereocenters. The van der Waals surface area contributed by atoms with Crippen molar-refractivity contribution in [3.05, 3.63) is 29.6 Å². The lowest BCUT2D eigenvalue weighted by molar-refractivity contribution is -0.390. The monoisotopic (exact) mass is 281 g/mol. The van der Waals surface area contributed by atoms with Crippen LogP contribution >= 0.6 is 0 Å². The van der Waals surface area contributed by atoms with Gasteiger partial charge in [0.15, 0.2) is 11.4 Å². The second kappa shape index (κ2) is 6.62. The highest BCUT2D eigenvalue weighted by molar-refractivity contribution is 5.79. The quantitative estimate of drug-likeness (QED) is 0.792. The van der Waals surface area contributed by atoms with Crippen LogP contribution in [0.15, 0.2) is 18.2 Å². The number of aromatic amines is 1. The van der Waals surface area contributed by atoms with Crippen molar-refractivity contribution in [2.24, 2.45) is 0 Å². The van der Waals surface area contributed by atoms with Gasteiger partial charge >= 0.3 is 0 Å². The van der Waals surface area contributed by atoms with E-state index in [2.05, 4.69) is 18.8 Å². The molecule has 3 nitrogen and oxygen atoms in total. The highest BCUT2D eigenvalue weighted by atomic mass is 35.5. The SMILES string of the molecule is CCOc1cccc(OCC)c2c(C)[nH+]c(C)c1-2.[Cl-]. The third-order valence-corrected chi connectivity index (χ3v) is 2.96. The van der Waals surface area contributed by atoms with Crippen molar-refractivity contribution in [1.82, 2.24) is 0 Å². The van der Waals surface area contributed by atoms with Crippen LogP contribution in [-0.2, 0) is 0 Å². The van der Waals surface area contributed by atoms with Crippen molar-refractivity contribution < 1.29 is 26.9 Å². The van der Waals surface area contributed by atoms with Gasteiger partial charge in [-0.3, -0.25) is 0 Å². The van der Waals surface area contributed by atoms with Crippen molar-refractivity contribution >= 4 is 0 Å². The highest BCUT2D eigenvalue weighted by Crippen LogP contribution is 2.40. The third kappa shape index (κ3) is 2.92. The molecule has 0 radical (unpaired) electrons. The molecule has 1 heterocycles. The minimum atomic E-state index is 0. The molecule has 1 N–H and O–H groups in total. The molecular formula is C15H20ClNO2. The normalized spacial score (nSPS) is 10.1. The fourth-order valence-corrected chi connectivity index (χ4v) is 2.34. The van der Waals surface area contributed by atoms with Gasteiger partial charge in [0.25, 0.3) is 0 Å². The number of hydrogen-bond acceptors (Lipinski definition) is 2. The van der Waals surface area contributed by atoms with E-state index in [1.54, 1.807) is 0 Å². The van der Waals surface area contributed by atoms with Crippen molar-refractivity contribution in [2.45, 2.75) is 27.7 Å². The summed E-state index contributed by atoms with van der Waals surface area (Å²) >= 11 is 0. The van der Waals surface area contributed by atoms with Crippen LogP contribution in [0, 0.1) is 13.8 Å². The molecule has 0 aromatic heterocycles. The fraction of sp³-hybridized carbons (Fsp3) is 0.400. The van der Waals surface area contributed by atoms with Gasteiger partial charge in [-0.1, -0.05) is 6.07 Å². The molecule has 19 heavy (non-hydrogen) atoms. The summed E-state index contributed by atoms with van der Waals surface area (Å²) < 4.78 is 11.5. The van der Waals surface area contributed by atoms with Gasteiger partial charge in [-0.25, -0.2) is 4.98 Å². The first-order valence-electron chi connectivity index (χ1n) is 6.39. The van der Waals surface area contributed by atoms with Gasteiger partial charge in [0, 0.05) is 13.8 Å². The average molecular weight is 282 g/mol. The molecule has 0 bridgehead atoms. The first kappa shape index (κ1) is 15.6. The zero-order valence-corrected chi connectivity index (χ0v) is 12.6. The highest BCUT2D eigenvalue weighted by Gasteiger charge is 2.26. The number of aryl methyl sites for hydroxylation is 2. The lowest BCUT2D eigenvalue weighted by Crippen LogP contribution is -3.00. The second-order valence-corrected chi connectivity index (χ2v) is 4.25. The molecule has 4 heteroatoms. The Morgan fingerprint density at radius 2 is 1.32 bits per heavy atom. The maximum Gasteiger partial charge on any atom is 0.188 e. The maximum atomic E-state index is 5.73. The van der Waals surface area contributed by atoms with Crippen molar-refractivity contribution in [2.75, 3.05) is 13.2 Å². The van der Waals surface area contributed by atoms with Crippen molar-refractivity contribution in [1.29, 1.82) is 0 Å². The van der Waals surface area contributed by atoms with E-state index in [0.29, 0.717) is 13.2 Å². The molecule has 0 saturated carbocycles. The van der Waals surface area contributed by atoms with E-state index in [1.807, 2.05) is 32.0 Å². The maximum absolute atomic E-state index is 5.73. The number of nitrogens with one attached hydrogen (secondary N) is 1. The summed E-state index contributed by atoms with van der Waals surface area (Å²) in [5.41, 5.74) is 4.46. The zero-order chi connectivity index (χ0) is 13.1. The van der Waals surface area contributed by atoms with Crippen LogP contribution in [0.5, 0.6) is 11.5 Å². The molecule has 0 amide bonds. The van der Waals surface area contributed by atoms with Crippen LogP contribution in [0.2, 0.25) is 0 Å². The van der Waals surface area contributed by atoms with Gasteiger partial charge in [0.2, 0.25) is 0 Å². The topological polar surface area (TPSA) is 32.6 Å². The molecule has 1 aliphatic carbocycles. The van der Waals surface area contributed by atoms with Crippen LogP contribution < -0.4 is 26.9 Å². The predicted molar refractivity (Wildman–Crippen MR) is 71.4 cm³/mol. The summed E-state index contributed by atoms with van der Waals surface area (Å²) in [5.74, 6) is 1.81. The standard InChI is InChI=1S/C15H19NO2.ClH/c1-5-17-12-8-7-9-13(18-6-2)15-11(4)16-10(3)14(12)15;/h7-9H,5-6H2,1-4H3;1H. The average Bonchev–Trinajstić information content (AvgIpc) is 2.52. The Morgan fingerprint density at radius 1 is 0.895 bits per heavy atom. The summed E-state index contributed by atoms with van der Waals surface area (Å²) in [6, 6.07) is 5.97. The molecule has 0 atom stereocenters. The Balaban J connectivity index is 0.00000180. The molecule has 0 fully saturated rings. The van der Waals surface area contributed by atoms with Crippen LogP contribution in [0.25, 0.3) is 11.1 Å².